The van der Waals surface area contributed by atoms with Gasteiger partial charge in [-0.15, -0.1) is 0 Å². The number of carboxylic acids is 1. The summed E-state index contributed by atoms with van der Waals surface area (Å²) in [6.45, 7) is 25.7. The van der Waals surface area contributed by atoms with Gasteiger partial charge in [-0.2, -0.15) is 0 Å². The number of anilines is 1. The van der Waals surface area contributed by atoms with Crippen molar-refractivity contribution in [2.45, 2.75) is 150 Å². The third-order valence-electron chi connectivity index (χ3n) is 14.0. The molecule has 7 unspecified atom stereocenters. The number of aliphatic hydroxyl groups is 6. The second-order valence-electron chi connectivity index (χ2n) is 19.3. The van der Waals surface area contributed by atoms with Gasteiger partial charge < -0.3 is 78.8 Å². The van der Waals surface area contributed by atoms with Crippen LogP contribution in [0.25, 0.3) is 11.1 Å². The molecule has 21 nitrogen and oxygen atoms in total. The van der Waals surface area contributed by atoms with E-state index in [0.29, 0.717) is 98.5 Å². The van der Waals surface area contributed by atoms with Crippen molar-refractivity contribution in [3.05, 3.63) is 128 Å². The van der Waals surface area contributed by atoms with Crippen LogP contribution in [0.15, 0.2) is 72.3 Å². The number of allylic oxidation sites excluding steroid dienone is 3. The first-order valence-electron chi connectivity index (χ1n) is 27.9. The number of aldehydes is 2. The predicted molar refractivity (Wildman–Crippen MR) is 312 cm³/mol. The summed E-state index contributed by atoms with van der Waals surface area (Å²) in [4.78, 5) is 70.0. The molecule has 6 rings (SSSR count). The minimum Gasteiger partial charge on any atom is -0.497 e. The average molecular weight is 1170 g/mol. The van der Waals surface area contributed by atoms with E-state index in [4.69, 9.17) is 28.4 Å². The standard InChI is InChI=1S/C42H49FN2O11.C15H24N2O6.2C2H6/c1-8-42(6,52)27-16-30-22(5)25(17-45(30)39(49)26(27)19-53-9-2)34-32(13-11-24-21(4)28(43)14-20(3)33(24)34)54-18-23-10-12-31(29(15-23)44-7)55-41-37(48)35(46)36(47)38(56-41)40(50)51;1-17(15(21)4-2-8-18)7-11-23-13-12-22-10-5-14(20)16-6-3-9-19;2*1-2/h9-10,12,14-16,32,35-38,41,44,46-48,52H,2,5,8,11,13,17-19H2,1,3-4,6-7H3,(H,50,51);2,4,8-9H,3,5-7,10-13H2,1H3,(H,16,20);2*1-2H3/p+1/b34-25-;4-2-;;. The van der Waals surface area contributed by atoms with Crippen molar-refractivity contribution in [2.24, 2.45) is 0 Å². The molecule has 1 aromatic heterocycles. The number of aryl methyl sites for hydroxylation is 1. The van der Waals surface area contributed by atoms with Crippen molar-refractivity contribution in [1.29, 1.82) is 0 Å². The Kier molecular flexibility index (Phi) is 29.4. The summed E-state index contributed by atoms with van der Waals surface area (Å²) in [7, 11) is 3.26. The number of nitrogens with zero attached hydrogens (tertiary/aromatic N) is 2. The Morgan fingerprint density at radius 1 is 1.01 bits per heavy atom. The lowest BCUT2D eigenvalue weighted by Gasteiger charge is -2.38. The molecule has 1 saturated heterocycles. The molecule has 0 bridgehead atoms. The Hall–Kier alpha value is -6.89. The zero-order valence-electron chi connectivity index (χ0n) is 49.5. The third kappa shape index (κ3) is 18.6. The zero-order chi connectivity index (χ0) is 62.1. The molecule has 3 aromatic rings. The van der Waals surface area contributed by atoms with E-state index < -0.39 is 42.3 Å². The molecular weight excluding hydrogens is 1080 g/mol. The summed E-state index contributed by atoms with van der Waals surface area (Å²) in [6, 6.07) is 8.47. The Morgan fingerprint density at radius 3 is 2.33 bits per heavy atom. The van der Waals surface area contributed by atoms with Crippen LogP contribution in [-0.2, 0) is 74.7 Å². The number of halogens is 1. The van der Waals surface area contributed by atoms with E-state index in [9.17, 15) is 54.3 Å². The number of rotatable bonds is 26. The summed E-state index contributed by atoms with van der Waals surface area (Å²) in [6.07, 6.45) is -2.25. The molecule has 3 heterocycles. The third-order valence-corrected chi connectivity index (χ3v) is 14.0. The first-order valence-corrected chi connectivity index (χ1v) is 27.9. The Morgan fingerprint density at radius 2 is 1.70 bits per heavy atom. The second kappa shape index (κ2) is 34.7. The average Bonchev–Trinajstić information content (AvgIpc) is 3.22. The highest BCUT2D eigenvalue weighted by molar-refractivity contribution is 5.93. The summed E-state index contributed by atoms with van der Waals surface area (Å²) in [5.41, 5.74) is 6.31. The number of fused-ring (bicyclic) bond motifs is 2. The van der Waals surface area contributed by atoms with Gasteiger partial charge in [-0.05, 0) is 109 Å². The van der Waals surface area contributed by atoms with Gasteiger partial charge in [0.1, 0.15) is 49.1 Å². The first kappa shape index (κ1) is 70.4. The molecule has 1 aliphatic carbocycles. The molecule has 0 radical (unpaired) electrons. The van der Waals surface area contributed by atoms with Gasteiger partial charge in [0, 0.05) is 63.7 Å². The van der Waals surface area contributed by atoms with Crippen LogP contribution in [0.4, 0.5) is 10.1 Å². The number of likely N-dealkylation sites (N-methyl/N-ethyl adjacent to an activating group) is 1. The molecule has 8 N–H and O–H groups in total. The van der Waals surface area contributed by atoms with E-state index in [-0.39, 0.29) is 67.8 Å². The lowest BCUT2D eigenvalue weighted by Crippen LogP contribution is -2.61. The molecule has 2 aliphatic heterocycles. The van der Waals surface area contributed by atoms with Crippen molar-refractivity contribution < 1.29 is 82.3 Å². The molecule has 1 fully saturated rings. The summed E-state index contributed by atoms with van der Waals surface area (Å²) in [5, 5.41) is 57.2. The van der Waals surface area contributed by atoms with Crippen molar-refractivity contribution in [2.75, 3.05) is 58.9 Å². The number of aliphatic hydroxyl groups excluding tert-OH is 3. The van der Waals surface area contributed by atoms with Gasteiger partial charge in [-0.3, -0.25) is 19.2 Å². The van der Waals surface area contributed by atoms with Crippen molar-refractivity contribution >= 4 is 47.2 Å². The molecular formula is C61H86FN4O17+. The molecule has 22 heteroatoms. The van der Waals surface area contributed by atoms with E-state index in [1.807, 2.05) is 47.6 Å². The maximum absolute atomic E-state index is 15.2. The number of pyridine rings is 1. The summed E-state index contributed by atoms with van der Waals surface area (Å²) in [5.74, 6) is -2.04. The molecule has 0 saturated carbocycles. The van der Waals surface area contributed by atoms with E-state index in [1.165, 1.54) is 23.3 Å². The number of carbonyl (C=O) groups excluding carboxylic acids is 4. The largest absolute Gasteiger partial charge is 0.497 e. The van der Waals surface area contributed by atoms with Crippen LogP contribution in [0.1, 0.15) is 112 Å². The maximum Gasteiger partial charge on any atom is 0.335 e. The van der Waals surface area contributed by atoms with Crippen LogP contribution in [0, 0.1) is 19.7 Å². The van der Waals surface area contributed by atoms with Crippen LogP contribution < -0.4 is 20.9 Å². The Labute approximate surface area is 485 Å². The number of aliphatic carboxylic acids is 1. The number of amides is 2. The van der Waals surface area contributed by atoms with Gasteiger partial charge in [0.05, 0.1) is 61.8 Å². The highest BCUT2D eigenvalue weighted by Gasteiger charge is 2.48. The van der Waals surface area contributed by atoms with Gasteiger partial charge in [0.15, 0.2) is 18.8 Å². The summed E-state index contributed by atoms with van der Waals surface area (Å²) >= 11 is 0. The molecule has 2 aromatic carbocycles. The predicted octanol–water partition coefficient (Wildman–Crippen LogP) is 5.10. The van der Waals surface area contributed by atoms with E-state index in [0.717, 1.165) is 45.8 Å². The molecule has 0 spiro atoms. The van der Waals surface area contributed by atoms with E-state index in [2.05, 4.69) is 23.8 Å². The first-order chi connectivity index (χ1) is 39.6. The Balaban J connectivity index is 0.000000563. The van der Waals surface area contributed by atoms with Crippen LogP contribution in [-0.4, -0.2) is 161 Å². The fourth-order valence-electron chi connectivity index (χ4n) is 9.33. The normalized spacial score (nSPS) is 20.3. The van der Waals surface area contributed by atoms with E-state index in [1.54, 1.807) is 50.7 Å². The molecule has 3 aliphatic rings. The van der Waals surface area contributed by atoms with Crippen LogP contribution in [0.3, 0.4) is 0 Å². The lowest BCUT2D eigenvalue weighted by atomic mass is 9.77. The number of hydrogen-bond acceptors (Lipinski definition) is 16. The number of carboxylic acid groups (broad SMARTS) is 1. The fraction of sp³-hybridized carbons (Fsp3) is 0.508. The quantitative estimate of drug-likeness (QED) is 0.0181. The number of nitrogens with one attached hydrogen (secondary N) is 2. The number of carbonyl (C=O) groups is 5. The van der Waals surface area contributed by atoms with Crippen molar-refractivity contribution in [3.63, 3.8) is 0 Å². The fourth-order valence-corrected chi connectivity index (χ4v) is 9.33. The van der Waals surface area contributed by atoms with Gasteiger partial charge in [0.25, 0.3) is 5.56 Å². The van der Waals surface area contributed by atoms with Crippen LogP contribution in [0.2, 0.25) is 0 Å². The van der Waals surface area contributed by atoms with Crippen molar-refractivity contribution in [1.82, 2.24) is 14.8 Å². The highest BCUT2D eigenvalue weighted by atomic mass is 19.1. The maximum atomic E-state index is 15.2. The zero-order valence-corrected chi connectivity index (χ0v) is 49.5. The van der Waals surface area contributed by atoms with Gasteiger partial charge in [-0.25, -0.2) is 9.18 Å². The topological polar surface area (TPSA) is 295 Å². The Bertz CT molecular complexity index is 2830. The minimum absolute atomic E-state index is 0.0640. The van der Waals surface area contributed by atoms with E-state index >= 15 is 4.39 Å². The molecule has 7 atom stereocenters. The smallest absolute Gasteiger partial charge is 0.335 e. The minimum atomic E-state index is -1.85. The number of aromatic nitrogens is 1. The molecule has 458 valence electrons. The number of hydrogen-bond donors (Lipinski definition) is 7. The van der Waals surface area contributed by atoms with Crippen LogP contribution in [0.5, 0.6) is 5.75 Å². The molecule has 2 amide bonds. The van der Waals surface area contributed by atoms with Gasteiger partial charge in [0.2, 0.25) is 18.1 Å². The number of ether oxygens (including phenoxy) is 6. The molecule has 83 heavy (non-hydrogen) atoms. The monoisotopic (exact) mass is 1170 g/mol. The highest BCUT2D eigenvalue weighted by Crippen LogP contribution is 2.45. The van der Waals surface area contributed by atoms with Gasteiger partial charge >= 0.3 is 5.97 Å². The van der Waals surface area contributed by atoms with Crippen LogP contribution >= 0.6 is 0 Å². The van der Waals surface area contributed by atoms with Gasteiger partial charge in [-0.1, -0.05) is 47.8 Å². The van der Waals surface area contributed by atoms with Crippen molar-refractivity contribution in [3.8, 4) is 5.75 Å². The summed E-state index contributed by atoms with van der Waals surface area (Å²) < 4.78 is 49.1. The lowest BCUT2D eigenvalue weighted by molar-refractivity contribution is -0.271. The SMILES string of the molecule is C=COCc1c(C(C)(O)CC)cc2n(c1=O)C/C(=C1/c3c(C)cc(F)c(C)c3CCC1[OH+]Cc1ccc(OC3OC(C(=O)O)C(O)C(O)C3O)c(NC)c1)C2=C.CC.CC.CN(CCOCCOCCC(=O)NCCC=O)C(=O)/C=C\C=O. The second-order valence-corrected chi connectivity index (χ2v) is 19.3. The number of benzene rings is 2.